The number of alkyl halides is 1. The third-order valence-corrected chi connectivity index (χ3v) is 5.92. The third kappa shape index (κ3) is 6.63. The largest absolute Gasteiger partial charge is 0.508 e. The lowest BCUT2D eigenvalue weighted by molar-refractivity contribution is -0.130. The fourth-order valence-electron chi connectivity index (χ4n) is 4.17. The van der Waals surface area contributed by atoms with E-state index in [4.69, 9.17) is 4.74 Å². The van der Waals surface area contributed by atoms with Gasteiger partial charge in [-0.3, -0.25) is 14.7 Å². The Bertz CT molecular complexity index is 1200. The topological polar surface area (TPSA) is 109 Å². The molecule has 190 valence electrons. The summed E-state index contributed by atoms with van der Waals surface area (Å²) < 4.78 is 17.5. The zero-order valence-electron chi connectivity index (χ0n) is 20.4. The van der Waals surface area contributed by atoms with Crippen LogP contribution in [0, 0.1) is 6.92 Å². The number of ether oxygens (including phenoxy) is 1. The summed E-state index contributed by atoms with van der Waals surface area (Å²) in [4.78, 5) is 23.0. The number of aromatic nitrogens is 5. The summed E-state index contributed by atoms with van der Waals surface area (Å²) >= 11 is 0. The van der Waals surface area contributed by atoms with Gasteiger partial charge in [0.2, 0.25) is 5.91 Å². The van der Waals surface area contributed by atoms with E-state index in [1.807, 2.05) is 17.9 Å². The Labute approximate surface area is 209 Å². The second kappa shape index (κ2) is 11.7. The number of carbonyl (C=O) groups excluding carboxylic acids is 1. The zero-order chi connectivity index (χ0) is 25.5. The number of pyridine rings is 1. The molecule has 1 fully saturated rings. The van der Waals surface area contributed by atoms with E-state index in [0.29, 0.717) is 31.2 Å². The van der Waals surface area contributed by atoms with Crippen LogP contribution in [0.1, 0.15) is 29.6 Å². The van der Waals surface area contributed by atoms with Gasteiger partial charge in [-0.05, 0) is 60.5 Å². The van der Waals surface area contributed by atoms with E-state index in [2.05, 4.69) is 25.3 Å². The molecular formula is C25H30FN7O3. The van der Waals surface area contributed by atoms with Crippen LogP contribution in [0.25, 0.3) is 6.08 Å². The molecular weight excluding hydrogens is 465 g/mol. The van der Waals surface area contributed by atoms with Gasteiger partial charge in [-0.15, -0.1) is 10.2 Å². The maximum absolute atomic E-state index is 13.0. The second-order valence-corrected chi connectivity index (χ2v) is 8.72. The number of hydrogen-bond acceptors (Lipinski definition) is 8. The van der Waals surface area contributed by atoms with Gasteiger partial charge >= 0.3 is 0 Å². The molecule has 3 aromatic rings. The highest BCUT2D eigenvalue weighted by Crippen LogP contribution is 2.20. The van der Waals surface area contributed by atoms with Gasteiger partial charge in [-0.25, -0.2) is 4.39 Å². The van der Waals surface area contributed by atoms with Crippen LogP contribution in [0.2, 0.25) is 0 Å². The summed E-state index contributed by atoms with van der Waals surface area (Å²) in [6, 6.07) is 8.69. The Morgan fingerprint density at radius 2 is 2.11 bits per heavy atom. The molecule has 0 spiro atoms. The van der Waals surface area contributed by atoms with Gasteiger partial charge in [0.05, 0.1) is 18.4 Å². The number of aromatic hydroxyl groups is 1. The van der Waals surface area contributed by atoms with Crippen molar-refractivity contribution >= 4 is 12.0 Å². The summed E-state index contributed by atoms with van der Waals surface area (Å²) in [6.45, 7) is 6.33. The van der Waals surface area contributed by atoms with Crippen molar-refractivity contribution in [1.29, 1.82) is 0 Å². The number of hydrogen-bond donors (Lipinski definition) is 1. The number of tetrazole rings is 1. The number of piperazine rings is 1. The first kappa shape index (κ1) is 25.2. The predicted molar refractivity (Wildman–Crippen MR) is 131 cm³/mol. The first-order valence-corrected chi connectivity index (χ1v) is 11.8. The predicted octanol–water partition coefficient (Wildman–Crippen LogP) is 2.22. The van der Waals surface area contributed by atoms with Crippen LogP contribution < -0.4 is 4.74 Å². The molecule has 1 amide bonds. The minimum atomic E-state index is -0.534. The monoisotopic (exact) mass is 495 g/mol. The Morgan fingerprint density at radius 3 is 2.81 bits per heavy atom. The molecule has 4 rings (SSSR count). The van der Waals surface area contributed by atoms with Gasteiger partial charge in [-0.1, -0.05) is 6.07 Å². The average Bonchev–Trinajstić information content (AvgIpc) is 3.27. The lowest BCUT2D eigenvalue weighted by atomic mass is 10.1. The number of phenolic OH excluding ortho intramolecular Hbond substituents is 1. The standard InChI is InChI=1S/C25H30FN7O3/c1-18-15-31(17-22-5-7-24(14-27-22)36-12-9-26)10-11-32(18)25(35)8-4-20-3-6-23(34)13-21(20)16-33-29-19(2)28-30-33/h3-8,13-14,18,34H,9-12,15-17H2,1-2H3/b8-4+/t18-/m1/s1. The summed E-state index contributed by atoms with van der Waals surface area (Å²) in [7, 11) is 0. The number of phenols is 1. The first-order valence-electron chi connectivity index (χ1n) is 11.8. The van der Waals surface area contributed by atoms with Crippen molar-refractivity contribution in [3.8, 4) is 11.5 Å². The lowest BCUT2D eigenvalue weighted by Crippen LogP contribution is -2.53. The Morgan fingerprint density at radius 1 is 1.25 bits per heavy atom. The average molecular weight is 496 g/mol. The molecule has 0 aliphatic carbocycles. The highest BCUT2D eigenvalue weighted by Gasteiger charge is 2.26. The zero-order valence-corrected chi connectivity index (χ0v) is 20.4. The molecule has 1 N–H and O–H groups in total. The van der Waals surface area contributed by atoms with Gasteiger partial charge in [0, 0.05) is 38.3 Å². The quantitative estimate of drug-likeness (QED) is 0.450. The van der Waals surface area contributed by atoms with E-state index in [1.165, 1.54) is 4.80 Å². The van der Waals surface area contributed by atoms with Gasteiger partial charge < -0.3 is 14.7 Å². The van der Waals surface area contributed by atoms with Crippen molar-refractivity contribution in [2.24, 2.45) is 0 Å². The molecule has 1 aliphatic heterocycles. The first-order chi connectivity index (χ1) is 17.4. The van der Waals surface area contributed by atoms with Gasteiger partial charge in [0.25, 0.3) is 0 Å². The van der Waals surface area contributed by atoms with E-state index in [9.17, 15) is 14.3 Å². The van der Waals surface area contributed by atoms with Crippen LogP contribution in [0.5, 0.6) is 11.5 Å². The van der Waals surface area contributed by atoms with E-state index in [1.54, 1.807) is 49.5 Å². The van der Waals surface area contributed by atoms with Gasteiger partial charge in [0.1, 0.15) is 24.8 Å². The lowest BCUT2D eigenvalue weighted by Gasteiger charge is -2.39. The molecule has 36 heavy (non-hydrogen) atoms. The minimum absolute atomic E-state index is 0.0236. The van der Waals surface area contributed by atoms with E-state index in [-0.39, 0.29) is 24.3 Å². The van der Waals surface area contributed by atoms with Crippen LogP contribution in [-0.2, 0) is 17.9 Å². The smallest absolute Gasteiger partial charge is 0.246 e. The molecule has 1 aliphatic rings. The van der Waals surface area contributed by atoms with Crippen molar-refractivity contribution in [3.05, 3.63) is 65.2 Å². The van der Waals surface area contributed by atoms with Crippen molar-refractivity contribution in [2.75, 3.05) is 32.9 Å². The number of amides is 1. The Hall–Kier alpha value is -3.86. The van der Waals surface area contributed by atoms with Gasteiger partial charge in [0.15, 0.2) is 5.82 Å². The molecule has 0 bridgehead atoms. The number of nitrogens with zero attached hydrogens (tertiary/aromatic N) is 7. The van der Waals surface area contributed by atoms with Gasteiger partial charge in [-0.2, -0.15) is 4.80 Å². The second-order valence-electron chi connectivity index (χ2n) is 8.72. The molecule has 11 heteroatoms. The van der Waals surface area contributed by atoms with Crippen LogP contribution in [-0.4, -0.2) is 85.0 Å². The maximum atomic E-state index is 13.0. The summed E-state index contributed by atoms with van der Waals surface area (Å²) in [5, 5.41) is 22.0. The molecule has 0 saturated carbocycles. The number of rotatable bonds is 9. The summed E-state index contributed by atoms with van der Waals surface area (Å²) in [5.74, 6) is 1.18. The number of halogens is 1. The molecule has 10 nitrogen and oxygen atoms in total. The fraction of sp³-hybridized carbons (Fsp3) is 0.400. The van der Waals surface area contributed by atoms with Crippen LogP contribution in [0.4, 0.5) is 4.39 Å². The number of carbonyl (C=O) groups is 1. The summed E-state index contributed by atoms with van der Waals surface area (Å²) in [5.41, 5.74) is 2.47. The molecule has 0 unspecified atom stereocenters. The van der Waals surface area contributed by atoms with Crippen LogP contribution >= 0.6 is 0 Å². The third-order valence-electron chi connectivity index (χ3n) is 5.92. The Kier molecular flexibility index (Phi) is 8.21. The molecule has 3 heterocycles. The molecule has 1 atom stereocenters. The number of aryl methyl sites for hydroxylation is 1. The summed E-state index contributed by atoms with van der Waals surface area (Å²) in [6.07, 6.45) is 4.94. The minimum Gasteiger partial charge on any atom is -0.508 e. The van der Waals surface area contributed by atoms with E-state index >= 15 is 0 Å². The van der Waals surface area contributed by atoms with Crippen molar-refractivity contribution in [3.63, 3.8) is 0 Å². The van der Waals surface area contributed by atoms with E-state index < -0.39 is 6.67 Å². The molecule has 1 saturated heterocycles. The highest BCUT2D eigenvalue weighted by molar-refractivity contribution is 5.92. The Balaban J connectivity index is 1.34. The molecule has 2 aromatic heterocycles. The van der Waals surface area contributed by atoms with Crippen molar-refractivity contribution in [1.82, 2.24) is 35.0 Å². The fourth-order valence-corrected chi connectivity index (χ4v) is 4.17. The maximum Gasteiger partial charge on any atom is 0.246 e. The van der Waals surface area contributed by atoms with Crippen LogP contribution in [0.3, 0.4) is 0 Å². The SMILES string of the molecule is Cc1nnn(Cc2cc(O)ccc2/C=C/C(=O)N2CCN(Cc3ccc(OCCF)cn3)C[C@H]2C)n1. The van der Waals surface area contributed by atoms with E-state index in [0.717, 1.165) is 29.9 Å². The number of benzene rings is 1. The van der Waals surface area contributed by atoms with Crippen molar-refractivity contribution < 1.29 is 19.0 Å². The van der Waals surface area contributed by atoms with Crippen molar-refractivity contribution in [2.45, 2.75) is 33.0 Å². The highest BCUT2D eigenvalue weighted by atomic mass is 19.1. The van der Waals surface area contributed by atoms with Crippen LogP contribution in [0.15, 0.2) is 42.6 Å². The molecule has 0 radical (unpaired) electrons. The molecule has 1 aromatic carbocycles. The normalized spacial score (nSPS) is 16.5.